The van der Waals surface area contributed by atoms with Crippen LogP contribution in [0.3, 0.4) is 0 Å². The molecule has 6 heteroatoms. The van der Waals surface area contributed by atoms with Crippen LogP contribution >= 0.6 is 0 Å². The molecule has 0 fully saturated rings. The van der Waals surface area contributed by atoms with Crippen LogP contribution < -0.4 is 15.5 Å². The first kappa shape index (κ1) is 21.2. The molecule has 0 saturated heterocycles. The molecule has 0 aliphatic rings. The number of hydrazone groups is 1. The van der Waals surface area contributed by atoms with Gasteiger partial charge in [0, 0.05) is 12.6 Å². The topological polar surface area (TPSA) is 79.8 Å². The zero-order valence-electron chi connectivity index (χ0n) is 17.0. The lowest BCUT2D eigenvalue weighted by molar-refractivity contribution is -0.123. The Morgan fingerprint density at radius 3 is 2.36 bits per heavy atom. The molecule has 2 N–H and O–H groups in total. The second kappa shape index (κ2) is 9.69. The second-order valence-corrected chi connectivity index (χ2v) is 6.98. The minimum atomic E-state index is -0.329. The molecule has 2 amide bonds. The molecule has 0 aromatic heterocycles. The van der Waals surface area contributed by atoms with E-state index < -0.39 is 0 Å². The first-order chi connectivity index (χ1) is 13.3. The number of amides is 2. The van der Waals surface area contributed by atoms with Gasteiger partial charge in [0.15, 0.2) is 6.61 Å². The highest BCUT2D eigenvalue weighted by molar-refractivity contribution is 6.00. The van der Waals surface area contributed by atoms with Gasteiger partial charge >= 0.3 is 0 Å². The van der Waals surface area contributed by atoms with Crippen LogP contribution in [-0.2, 0) is 9.59 Å². The predicted octanol–water partition coefficient (Wildman–Crippen LogP) is 4.00. The highest BCUT2D eigenvalue weighted by atomic mass is 16.5. The second-order valence-electron chi connectivity index (χ2n) is 6.98. The van der Waals surface area contributed by atoms with Gasteiger partial charge in [-0.15, -0.1) is 0 Å². The Morgan fingerprint density at radius 2 is 1.75 bits per heavy atom. The summed E-state index contributed by atoms with van der Waals surface area (Å²) in [4.78, 5) is 23.1. The quantitative estimate of drug-likeness (QED) is 0.562. The summed E-state index contributed by atoms with van der Waals surface area (Å²) in [5.74, 6) is 0.563. The summed E-state index contributed by atoms with van der Waals surface area (Å²) < 4.78 is 5.68. The first-order valence-electron chi connectivity index (χ1n) is 9.20. The maximum Gasteiger partial charge on any atom is 0.277 e. The number of hydrogen-bond acceptors (Lipinski definition) is 4. The van der Waals surface area contributed by atoms with E-state index in [1.807, 2.05) is 31.2 Å². The van der Waals surface area contributed by atoms with Gasteiger partial charge in [0.05, 0.1) is 5.71 Å². The monoisotopic (exact) mass is 381 g/mol. The Hall–Kier alpha value is -3.15. The lowest BCUT2D eigenvalue weighted by Gasteiger charge is -2.14. The van der Waals surface area contributed by atoms with Crippen molar-refractivity contribution in [2.75, 3.05) is 11.9 Å². The van der Waals surface area contributed by atoms with E-state index in [0.717, 1.165) is 16.7 Å². The number of benzene rings is 2. The van der Waals surface area contributed by atoms with Crippen molar-refractivity contribution >= 4 is 23.2 Å². The van der Waals surface area contributed by atoms with Crippen LogP contribution in [0.4, 0.5) is 5.69 Å². The van der Waals surface area contributed by atoms with Crippen LogP contribution in [0.5, 0.6) is 5.75 Å². The van der Waals surface area contributed by atoms with E-state index in [2.05, 4.69) is 35.8 Å². The van der Waals surface area contributed by atoms with Gasteiger partial charge in [-0.2, -0.15) is 5.10 Å². The molecule has 6 nitrogen and oxygen atoms in total. The maximum atomic E-state index is 12.1. The molecular formula is C22H27N3O3. The van der Waals surface area contributed by atoms with Crippen molar-refractivity contribution in [3.63, 3.8) is 0 Å². The molecule has 2 aromatic carbocycles. The average Bonchev–Trinajstić information content (AvgIpc) is 2.65. The summed E-state index contributed by atoms with van der Waals surface area (Å²) in [6.45, 7) is 9.35. The van der Waals surface area contributed by atoms with Gasteiger partial charge in [-0.3, -0.25) is 9.59 Å². The van der Waals surface area contributed by atoms with E-state index in [0.29, 0.717) is 23.1 Å². The summed E-state index contributed by atoms with van der Waals surface area (Å²) in [5, 5.41) is 6.82. The third kappa shape index (κ3) is 6.23. The third-order valence-corrected chi connectivity index (χ3v) is 4.12. The maximum absolute atomic E-state index is 12.1. The van der Waals surface area contributed by atoms with Gasteiger partial charge in [0.2, 0.25) is 5.91 Å². The number of carbonyl (C=O) groups is 2. The molecule has 0 spiro atoms. The van der Waals surface area contributed by atoms with Crippen LogP contribution in [0.15, 0.2) is 47.6 Å². The number of anilines is 1. The zero-order chi connectivity index (χ0) is 20.7. The molecule has 0 unspecified atom stereocenters. The van der Waals surface area contributed by atoms with Crippen molar-refractivity contribution in [3.05, 3.63) is 59.2 Å². The number of nitrogens with zero attached hydrogens (tertiary/aromatic N) is 1. The van der Waals surface area contributed by atoms with E-state index in [1.165, 1.54) is 6.92 Å². The van der Waals surface area contributed by atoms with Crippen molar-refractivity contribution in [3.8, 4) is 5.75 Å². The molecule has 0 heterocycles. The van der Waals surface area contributed by atoms with Gasteiger partial charge in [-0.25, -0.2) is 5.43 Å². The van der Waals surface area contributed by atoms with Gasteiger partial charge in [0.25, 0.3) is 5.91 Å². The normalized spacial score (nSPS) is 11.3. The fraction of sp³-hybridized carbons (Fsp3) is 0.318. The summed E-state index contributed by atoms with van der Waals surface area (Å²) in [7, 11) is 0. The molecule has 0 aliphatic heterocycles. The summed E-state index contributed by atoms with van der Waals surface area (Å²) in [6.07, 6.45) is 0. The average molecular weight is 381 g/mol. The standard InChI is InChI=1S/C22H27N3O3/c1-14(2)20-12-15(3)6-11-21(20)28-13-22(27)25-24-16(4)18-7-9-19(10-8-18)23-17(5)26/h6-12,14H,13H2,1-5H3,(H,23,26)(H,25,27)/b24-16+. The van der Waals surface area contributed by atoms with E-state index in [4.69, 9.17) is 4.74 Å². The van der Waals surface area contributed by atoms with Crippen molar-refractivity contribution in [1.29, 1.82) is 0 Å². The summed E-state index contributed by atoms with van der Waals surface area (Å²) in [6, 6.07) is 13.2. The minimum absolute atomic E-state index is 0.110. The Labute approximate surface area is 166 Å². The molecule has 2 aromatic rings. The third-order valence-electron chi connectivity index (χ3n) is 4.12. The van der Waals surface area contributed by atoms with Crippen LogP contribution in [0, 0.1) is 6.92 Å². The summed E-state index contributed by atoms with van der Waals surface area (Å²) >= 11 is 0. The lowest BCUT2D eigenvalue weighted by Crippen LogP contribution is -2.26. The number of aryl methyl sites for hydroxylation is 1. The smallest absolute Gasteiger partial charge is 0.277 e. The highest BCUT2D eigenvalue weighted by Gasteiger charge is 2.10. The fourth-order valence-electron chi connectivity index (χ4n) is 2.63. The number of nitrogens with one attached hydrogen (secondary N) is 2. The summed E-state index contributed by atoms with van der Waals surface area (Å²) in [5.41, 5.74) is 6.95. The minimum Gasteiger partial charge on any atom is -0.483 e. The molecule has 148 valence electrons. The number of hydrogen-bond donors (Lipinski definition) is 2. The van der Waals surface area contributed by atoms with Crippen molar-refractivity contribution < 1.29 is 14.3 Å². The van der Waals surface area contributed by atoms with Crippen molar-refractivity contribution in [2.24, 2.45) is 5.10 Å². The molecule has 28 heavy (non-hydrogen) atoms. The Kier molecular flexibility index (Phi) is 7.32. The van der Waals surface area contributed by atoms with Gasteiger partial charge in [-0.05, 0) is 49.1 Å². The van der Waals surface area contributed by atoms with Gasteiger partial charge < -0.3 is 10.1 Å². The van der Waals surface area contributed by atoms with Crippen LogP contribution in [-0.4, -0.2) is 24.1 Å². The Balaban J connectivity index is 1.93. The van der Waals surface area contributed by atoms with Crippen molar-refractivity contribution in [2.45, 2.75) is 40.5 Å². The number of ether oxygens (including phenoxy) is 1. The van der Waals surface area contributed by atoms with E-state index in [-0.39, 0.29) is 18.4 Å². The molecule has 0 bridgehead atoms. The van der Waals surface area contributed by atoms with E-state index >= 15 is 0 Å². The predicted molar refractivity (Wildman–Crippen MR) is 112 cm³/mol. The van der Waals surface area contributed by atoms with Crippen molar-refractivity contribution in [1.82, 2.24) is 5.43 Å². The lowest BCUT2D eigenvalue weighted by atomic mass is 10.00. The Bertz CT molecular complexity index is 871. The van der Waals surface area contributed by atoms with Crippen LogP contribution in [0.1, 0.15) is 50.3 Å². The molecular weight excluding hydrogens is 354 g/mol. The molecule has 0 atom stereocenters. The highest BCUT2D eigenvalue weighted by Crippen LogP contribution is 2.27. The van der Waals surface area contributed by atoms with Crippen LogP contribution in [0.2, 0.25) is 0 Å². The van der Waals surface area contributed by atoms with Crippen LogP contribution in [0.25, 0.3) is 0 Å². The molecule has 0 saturated carbocycles. The first-order valence-corrected chi connectivity index (χ1v) is 9.20. The van der Waals surface area contributed by atoms with Gasteiger partial charge in [-0.1, -0.05) is 43.7 Å². The largest absolute Gasteiger partial charge is 0.483 e. The Morgan fingerprint density at radius 1 is 1.07 bits per heavy atom. The zero-order valence-corrected chi connectivity index (χ0v) is 17.0. The number of carbonyl (C=O) groups excluding carboxylic acids is 2. The molecule has 0 radical (unpaired) electrons. The van der Waals surface area contributed by atoms with E-state index in [9.17, 15) is 9.59 Å². The fourth-order valence-corrected chi connectivity index (χ4v) is 2.63. The SMILES string of the molecule is CC(=O)Nc1ccc(/C(C)=N/NC(=O)COc2ccc(C)cc2C(C)C)cc1. The molecule has 0 aliphatic carbocycles. The van der Waals surface area contributed by atoms with E-state index in [1.54, 1.807) is 19.1 Å². The molecule has 2 rings (SSSR count). The number of rotatable bonds is 7. The van der Waals surface area contributed by atoms with Gasteiger partial charge in [0.1, 0.15) is 5.75 Å².